The standard InChI is InChI=1S/C29H48O6Si/c1-18(30)34-17-24(32)29(33)14-12-22-21-10-9-19-15-20(35-36(7,8)26(2,3)4)11-13-27(19,5)25(21)23(31)16-28(22,29)6/h19-22,25,33H,9-17H2,1-8H3. The molecule has 6 nitrogen and oxygen atoms in total. The fraction of sp³-hybridized carbons (Fsp3) is 0.897. The molecule has 4 rings (SSSR count). The van der Waals surface area contributed by atoms with Crippen LogP contribution < -0.4 is 0 Å². The van der Waals surface area contributed by atoms with Crippen molar-refractivity contribution in [3.05, 3.63) is 0 Å². The monoisotopic (exact) mass is 520 g/mol. The van der Waals surface area contributed by atoms with E-state index in [0.29, 0.717) is 12.3 Å². The molecule has 0 bridgehead atoms. The average Bonchev–Trinajstić information content (AvgIpc) is 3.02. The van der Waals surface area contributed by atoms with Gasteiger partial charge in [-0.05, 0) is 86.2 Å². The van der Waals surface area contributed by atoms with Crippen LogP contribution in [0.25, 0.3) is 0 Å². The van der Waals surface area contributed by atoms with Crippen LogP contribution in [-0.2, 0) is 23.5 Å². The smallest absolute Gasteiger partial charge is 0.303 e. The third-order valence-corrected chi connectivity index (χ3v) is 16.1. The zero-order valence-electron chi connectivity index (χ0n) is 23.7. The number of rotatable bonds is 5. The van der Waals surface area contributed by atoms with Crippen molar-refractivity contribution in [3.8, 4) is 0 Å². The van der Waals surface area contributed by atoms with Crippen LogP contribution >= 0.6 is 0 Å². The summed E-state index contributed by atoms with van der Waals surface area (Å²) in [5.41, 5.74) is -2.45. The van der Waals surface area contributed by atoms with Gasteiger partial charge in [0.25, 0.3) is 0 Å². The summed E-state index contributed by atoms with van der Waals surface area (Å²) in [7, 11) is -1.85. The van der Waals surface area contributed by atoms with Crippen LogP contribution in [0.5, 0.6) is 0 Å². The van der Waals surface area contributed by atoms with E-state index in [0.717, 1.165) is 38.5 Å². The summed E-state index contributed by atoms with van der Waals surface area (Å²) in [5.74, 6) is 0.0187. The Hall–Kier alpha value is -1.05. The minimum Gasteiger partial charge on any atom is -0.458 e. The molecule has 4 saturated carbocycles. The van der Waals surface area contributed by atoms with Gasteiger partial charge >= 0.3 is 5.97 Å². The van der Waals surface area contributed by atoms with Gasteiger partial charge in [0.1, 0.15) is 11.4 Å². The number of Topliss-reactive ketones (excluding diaryl/α,β-unsaturated/α-hetero) is 2. The van der Waals surface area contributed by atoms with Gasteiger partial charge in [-0.15, -0.1) is 0 Å². The third-order valence-electron chi connectivity index (χ3n) is 11.6. The number of carbonyl (C=O) groups excluding carboxylic acids is 3. The van der Waals surface area contributed by atoms with Crippen molar-refractivity contribution in [1.29, 1.82) is 0 Å². The van der Waals surface area contributed by atoms with Crippen LogP contribution in [0.3, 0.4) is 0 Å². The number of hydrogen-bond acceptors (Lipinski definition) is 6. The Kier molecular flexibility index (Phi) is 7.00. The number of fused-ring (bicyclic) bond motifs is 5. The number of carbonyl (C=O) groups is 3. The number of esters is 1. The SMILES string of the molecule is CC(=O)OCC(=O)C1(O)CCC2C3CCC4CC(O[Si](C)(C)C(C)(C)C)CCC4(C)C3C(=O)CC21C. The summed E-state index contributed by atoms with van der Waals surface area (Å²) >= 11 is 0. The van der Waals surface area contributed by atoms with Crippen LogP contribution in [0.2, 0.25) is 18.1 Å². The zero-order chi connectivity index (χ0) is 26.9. The first-order valence-electron chi connectivity index (χ1n) is 14.1. The Bertz CT molecular complexity index is 923. The molecule has 204 valence electrons. The Balaban J connectivity index is 1.53. The van der Waals surface area contributed by atoms with Crippen LogP contribution in [-0.4, -0.2) is 49.3 Å². The number of ketones is 2. The highest BCUT2D eigenvalue weighted by molar-refractivity contribution is 6.74. The Morgan fingerprint density at radius 3 is 2.36 bits per heavy atom. The minimum atomic E-state index is -1.85. The first-order valence-corrected chi connectivity index (χ1v) is 17.0. The van der Waals surface area contributed by atoms with E-state index in [9.17, 15) is 19.5 Å². The summed E-state index contributed by atoms with van der Waals surface area (Å²) in [5, 5.41) is 11.8. The molecule has 36 heavy (non-hydrogen) atoms. The van der Waals surface area contributed by atoms with Crippen LogP contribution in [0, 0.1) is 34.5 Å². The first kappa shape index (κ1) is 28.0. The molecule has 0 aromatic rings. The van der Waals surface area contributed by atoms with E-state index in [1.165, 1.54) is 6.92 Å². The lowest BCUT2D eigenvalue weighted by Crippen LogP contribution is -2.62. The van der Waals surface area contributed by atoms with Crippen molar-refractivity contribution in [3.63, 3.8) is 0 Å². The third kappa shape index (κ3) is 4.25. The summed E-state index contributed by atoms with van der Waals surface area (Å²) < 4.78 is 11.8. The van der Waals surface area contributed by atoms with Crippen molar-refractivity contribution in [2.24, 2.45) is 34.5 Å². The van der Waals surface area contributed by atoms with Gasteiger partial charge in [0, 0.05) is 30.8 Å². The molecule has 0 radical (unpaired) electrons. The normalized spacial score (nSPS) is 42.8. The topological polar surface area (TPSA) is 89.9 Å². The molecular weight excluding hydrogens is 472 g/mol. The maximum atomic E-state index is 13.9. The maximum Gasteiger partial charge on any atom is 0.303 e. The molecular formula is C29H48O6Si. The minimum absolute atomic E-state index is 0.00549. The Labute approximate surface area is 218 Å². The van der Waals surface area contributed by atoms with Crippen molar-refractivity contribution < 1.29 is 28.7 Å². The van der Waals surface area contributed by atoms with Gasteiger partial charge in [-0.25, -0.2) is 0 Å². The zero-order valence-corrected chi connectivity index (χ0v) is 24.7. The molecule has 0 aromatic heterocycles. The van der Waals surface area contributed by atoms with Gasteiger partial charge in [-0.3, -0.25) is 14.4 Å². The number of aliphatic hydroxyl groups is 1. The lowest BCUT2D eigenvalue weighted by molar-refractivity contribution is -0.181. The molecule has 1 N–H and O–H groups in total. The Morgan fingerprint density at radius 1 is 1.08 bits per heavy atom. The molecule has 0 amide bonds. The lowest BCUT2D eigenvalue weighted by Gasteiger charge is -2.60. The van der Waals surface area contributed by atoms with Gasteiger partial charge in [0.15, 0.2) is 14.9 Å². The molecule has 4 fully saturated rings. The predicted molar refractivity (Wildman–Crippen MR) is 141 cm³/mol. The number of ether oxygens (including phenoxy) is 1. The van der Waals surface area contributed by atoms with E-state index in [1.54, 1.807) is 0 Å². The first-order chi connectivity index (χ1) is 16.5. The summed E-state index contributed by atoms with van der Waals surface area (Å²) in [6.45, 7) is 16.6. The van der Waals surface area contributed by atoms with E-state index in [1.807, 2.05) is 6.92 Å². The highest BCUT2D eigenvalue weighted by atomic mass is 28.4. The molecule has 8 atom stereocenters. The van der Waals surface area contributed by atoms with Crippen molar-refractivity contribution in [2.45, 2.75) is 123 Å². The summed E-state index contributed by atoms with van der Waals surface area (Å²) in [6.07, 6.45) is 6.68. The molecule has 0 heterocycles. The second-order valence-electron chi connectivity index (χ2n) is 14.5. The molecule has 4 aliphatic carbocycles. The molecule has 0 saturated heterocycles. The van der Waals surface area contributed by atoms with E-state index in [4.69, 9.17) is 9.16 Å². The lowest BCUT2D eigenvalue weighted by atomic mass is 9.44. The molecule has 7 heteroatoms. The highest BCUT2D eigenvalue weighted by Crippen LogP contribution is 2.67. The van der Waals surface area contributed by atoms with Gasteiger partial charge in [-0.1, -0.05) is 34.6 Å². The summed E-state index contributed by atoms with van der Waals surface area (Å²) in [4.78, 5) is 38.3. The van der Waals surface area contributed by atoms with E-state index < -0.39 is 37.7 Å². The van der Waals surface area contributed by atoms with Gasteiger partial charge in [0.05, 0.1) is 0 Å². The van der Waals surface area contributed by atoms with Crippen LogP contribution in [0.1, 0.15) is 92.9 Å². The quantitative estimate of drug-likeness (QED) is 0.382. The second-order valence-corrected chi connectivity index (χ2v) is 19.2. The van der Waals surface area contributed by atoms with Gasteiger partial charge in [-0.2, -0.15) is 0 Å². The van der Waals surface area contributed by atoms with Crippen molar-refractivity contribution >= 4 is 25.9 Å². The highest BCUT2D eigenvalue weighted by Gasteiger charge is 2.69. The fourth-order valence-corrected chi connectivity index (χ4v) is 9.88. The fourth-order valence-electron chi connectivity index (χ4n) is 8.48. The second kappa shape index (κ2) is 9.01. The molecule has 4 aliphatic rings. The maximum absolute atomic E-state index is 13.9. The van der Waals surface area contributed by atoms with Crippen LogP contribution in [0.4, 0.5) is 0 Å². The van der Waals surface area contributed by atoms with Gasteiger partial charge < -0.3 is 14.3 Å². The molecule has 0 aliphatic heterocycles. The van der Waals surface area contributed by atoms with Crippen LogP contribution in [0.15, 0.2) is 0 Å². The van der Waals surface area contributed by atoms with E-state index in [-0.39, 0.29) is 46.5 Å². The summed E-state index contributed by atoms with van der Waals surface area (Å²) in [6, 6.07) is 0. The average molecular weight is 521 g/mol. The largest absolute Gasteiger partial charge is 0.458 e. The Morgan fingerprint density at radius 2 is 1.75 bits per heavy atom. The van der Waals surface area contributed by atoms with Gasteiger partial charge in [0.2, 0.25) is 5.78 Å². The van der Waals surface area contributed by atoms with Crippen molar-refractivity contribution in [2.75, 3.05) is 6.61 Å². The number of hydrogen-bond donors (Lipinski definition) is 1. The molecule has 0 aromatic carbocycles. The van der Waals surface area contributed by atoms with Crippen molar-refractivity contribution in [1.82, 2.24) is 0 Å². The van der Waals surface area contributed by atoms with E-state index in [2.05, 4.69) is 40.8 Å². The predicted octanol–water partition coefficient (Wildman–Crippen LogP) is 5.46. The molecule has 0 spiro atoms. The molecule has 8 unspecified atom stereocenters. The van der Waals surface area contributed by atoms with E-state index >= 15 is 0 Å².